The van der Waals surface area contributed by atoms with Gasteiger partial charge in [-0.05, 0) is 42.7 Å². The Bertz CT molecular complexity index is 971. The number of hydrogen-bond donors (Lipinski definition) is 1. The Balaban J connectivity index is 1.29. The largest absolute Gasteiger partial charge is 0.454 e. The fourth-order valence-electron chi connectivity index (χ4n) is 5.27. The molecule has 0 bridgehead atoms. The lowest BCUT2D eigenvalue weighted by molar-refractivity contribution is -0.126. The second kappa shape index (κ2) is 10.00. The van der Waals surface area contributed by atoms with Crippen molar-refractivity contribution < 1.29 is 18.7 Å². The van der Waals surface area contributed by atoms with Gasteiger partial charge in [0.25, 0.3) is 0 Å². The maximum absolute atomic E-state index is 14.3. The highest BCUT2D eigenvalue weighted by Gasteiger charge is 2.29. The number of halogens is 1. The number of para-hydroxylation sites is 1. The van der Waals surface area contributed by atoms with Gasteiger partial charge in [-0.3, -0.25) is 9.69 Å². The summed E-state index contributed by atoms with van der Waals surface area (Å²) in [4.78, 5) is 17.3. The highest BCUT2D eigenvalue weighted by atomic mass is 19.1. The van der Waals surface area contributed by atoms with Crippen LogP contribution in [-0.2, 0) is 4.79 Å². The molecule has 1 saturated heterocycles. The Morgan fingerprint density at radius 3 is 2.55 bits per heavy atom. The van der Waals surface area contributed by atoms with Crippen LogP contribution < -0.4 is 19.7 Å². The van der Waals surface area contributed by atoms with Gasteiger partial charge in [0.05, 0.1) is 11.7 Å². The van der Waals surface area contributed by atoms with Crippen molar-refractivity contribution in [3.63, 3.8) is 0 Å². The van der Waals surface area contributed by atoms with Crippen molar-refractivity contribution in [2.45, 2.75) is 38.1 Å². The van der Waals surface area contributed by atoms with Gasteiger partial charge in [0, 0.05) is 38.6 Å². The van der Waals surface area contributed by atoms with Crippen LogP contribution in [0.5, 0.6) is 11.5 Å². The number of carbonyl (C=O) groups excluding carboxylic acids is 1. The third kappa shape index (κ3) is 4.93. The van der Waals surface area contributed by atoms with Gasteiger partial charge in [0.1, 0.15) is 5.82 Å². The average Bonchev–Trinajstić information content (AvgIpc) is 3.33. The van der Waals surface area contributed by atoms with Crippen molar-refractivity contribution in [1.82, 2.24) is 10.2 Å². The van der Waals surface area contributed by atoms with Crippen molar-refractivity contribution in [2.75, 3.05) is 44.4 Å². The summed E-state index contributed by atoms with van der Waals surface area (Å²) in [6.45, 7) is 3.83. The standard InChI is InChI=1S/C26H32FN3O3/c27-21-8-4-5-9-22(21)29-12-14-30(15-13-29)23(17-28-26(31)19-6-2-1-3-7-19)20-10-11-24-25(16-20)33-18-32-24/h4-5,8-11,16,19,23H,1-3,6-7,12-15,17-18H2,(H,28,31)/t23-/m0/s1. The van der Waals surface area contributed by atoms with Crippen LogP contribution in [-0.4, -0.2) is 50.3 Å². The Labute approximate surface area is 194 Å². The summed E-state index contributed by atoms with van der Waals surface area (Å²) in [5.41, 5.74) is 1.75. The molecule has 3 aliphatic rings. The first kappa shape index (κ1) is 22.0. The number of nitrogens with one attached hydrogen (secondary N) is 1. The molecule has 1 aliphatic carbocycles. The molecular formula is C26H32FN3O3. The maximum Gasteiger partial charge on any atom is 0.231 e. The summed E-state index contributed by atoms with van der Waals surface area (Å²) in [5.74, 6) is 1.63. The zero-order chi connectivity index (χ0) is 22.6. The van der Waals surface area contributed by atoms with Crippen LogP contribution in [0.25, 0.3) is 0 Å². The van der Waals surface area contributed by atoms with Crippen LogP contribution in [0.2, 0.25) is 0 Å². The topological polar surface area (TPSA) is 54.0 Å². The fraction of sp³-hybridized carbons (Fsp3) is 0.500. The summed E-state index contributed by atoms with van der Waals surface area (Å²) in [6.07, 6.45) is 5.49. The quantitative estimate of drug-likeness (QED) is 0.713. The Morgan fingerprint density at radius 2 is 1.76 bits per heavy atom. The van der Waals surface area contributed by atoms with E-state index in [2.05, 4.69) is 21.2 Å². The Hall–Kier alpha value is -2.80. The van der Waals surface area contributed by atoms with Crippen LogP contribution in [0.3, 0.4) is 0 Å². The molecule has 33 heavy (non-hydrogen) atoms. The summed E-state index contributed by atoms with van der Waals surface area (Å²) >= 11 is 0. The normalized spacial score (nSPS) is 20.0. The summed E-state index contributed by atoms with van der Waals surface area (Å²) in [7, 11) is 0. The van der Waals surface area contributed by atoms with Gasteiger partial charge in [0.2, 0.25) is 12.7 Å². The van der Waals surface area contributed by atoms with Gasteiger partial charge >= 0.3 is 0 Å². The fourth-order valence-corrected chi connectivity index (χ4v) is 5.27. The first-order valence-electron chi connectivity index (χ1n) is 12.1. The molecule has 7 heteroatoms. The van der Waals surface area contributed by atoms with E-state index in [1.165, 1.54) is 12.5 Å². The lowest BCUT2D eigenvalue weighted by Gasteiger charge is -2.40. The molecule has 0 aromatic heterocycles. The predicted octanol–water partition coefficient (Wildman–Crippen LogP) is 4.11. The van der Waals surface area contributed by atoms with Crippen LogP contribution in [0.1, 0.15) is 43.7 Å². The monoisotopic (exact) mass is 453 g/mol. The summed E-state index contributed by atoms with van der Waals surface area (Å²) < 4.78 is 25.4. The van der Waals surface area contributed by atoms with Crippen LogP contribution >= 0.6 is 0 Å². The minimum Gasteiger partial charge on any atom is -0.454 e. The zero-order valence-electron chi connectivity index (χ0n) is 19.0. The van der Waals surface area contributed by atoms with Crippen LogP contribution in [0.15, 0.2) is 42.5 Å². The molecule has 2 heterocycles. The lowest BCUT2D eigenvalue weighted by atomic mass is 9.88. The third-order valence-electron chi connectivity index (χ3n) is 7.18. The number of hydrogen-bond acceptors (Lipinski definition) is 5. The number of rotatable bonds is 6. The number of fused-ring (bicyclic) bond motifs is 1. The van der Waals surface area contributed by atoms with E-state index >= 15 is 0 Å². The van der Waals surface area contributed by atoms with Crippen molar-refractivity contribution in [2.24, 2.45) is 5.92 Å². The van der Waals surface area contributed by atoms with Gasteiger partial charge in [0.15, 0.2) is 11.5 Å². The highest BCUT2D eigenvalue weighted by molar-refractivity contribution is 5.78. The first-order chi connectivity index (χ1) is 16.2. The van der Waals surface area contributed by atoms with E-state index in [4.69, 9.17) is 9.47 Å². The third-order valence-corrected chi connectivity index (χ3v) is 7.18. The minimum absolute atomic E-state index is 0.0230. The molecule has 5 rings (SSSR count). The van der Waals surface area contributed by atoms with Gasteiger partial charge in [-0.25, -0.2) is 4.39 Å². The Morgan fingerprint density at radius 1 is 1.00 bits per heavy atom. The van der Waals surface area contributed by atoms with E-state index in [1.54, 1.807) is 6.07 Å². The molecule has 0 radical (unpaired) electrons. The molecule has 1 atom stereocenters. The second-order valence-corrected chi connectivity index (χ2v) is 9.18. The molecule has 6 nitrogen and oxygen atoms in total. The maximum atomic E-state index is 14.3. The molecule has 2 fully saturated rings. The molecular weight excluding hydrogens is 421 g/mol. The number of anilines is 1. The van der Waals surface area contributed by atoms with Crippen molar-refractivity contribution in [3.05, 3.63) is 53.8 Å². The second-order valence-electron chi connectivity index (χ2n) is 9.18. The molecule has 0 spiro atoms. The van der Waals surface area contributed by atoms with Gasteiger partial charge < -0.3 is 19.7 Å². The van der Waals surface area contributed by atoms with Crippen molar-refractivity contribution >= 4 is 11.6 Å². The number of carbonyl (C=O) groups is 1. The Kier molecular flexibility index (Phi) is 6.67. The molecule has 176 valence electrons. The zero-order valence-corrected chi connectivity index (χ0v) is 19.0. The summed E-state index contributed by atoms with van der Waals surface area (Å²) in [5, 5.41) is 3.24. The van der Waals surface area contributed by atoms with Crippen molar-refractivity contribution in [1.29, 1.82) is 0 Å². The van der Waals surface area contributed by atoms with E-state index < -0.39 is 0 Å². The highest BCUT2D eigenvalue weighted by Crippen LogP contribution is 2.36. The molecule has 1 amide bonds. The number of benzene rings is 2. The smallest absolute Gasteiger partial charge is 0.231 e. The molecule has 0 unspecified atom stereocenters. The number of piperazine rings is 1. The van der Waals surface area contributed by atoms with Crippen molar-refractivity contribution in [3.8, 4) is 11.5 Å². The van der Waals surface area contributed by atoms with Crippen LogP contribution in [0, 0.1) is 11.7 Å². The molecule has 1 saturated carbocycles. The number of nitrogens with zero attached hydrogens (tertiary/aromatic N) is 2. The first-order valence-corrected chi connectivity index (χ1v) is 12.1. The SMILES string of the molecule is O=C(NC[C@@H](c1ccc2c(c1)OCO2)N1CCN(c2ccccc2F)CC1)C1CCCCC1. The number of amides is 1. The average molecular weight is 454 g/mol. The van der Waals surface area contributed by atoms with E-state index in [0.29, 0.717) is 12.2 Å². The molecule has 2 aromatic carbocycles. The van der Waals surface area contributed by atoms with Gasteiger partial charge in [-0.15, -0.1) is 0 Å². The van der Waals surface area contributed by atoms with E-state index in [-0.39, 0.29) is 30.5 Å². The van der Waals surface area contributed by atoms with Crippen LogP contribution in [0.4, 0.5) is 10.1 Å². The van der Waals surface area contributed by atoms with E-state index in [1.807, 2.05) is 24.3 Å². The van der Waals surface area contributed by atoms with Gasteiger partial charge in [-0.2, -0.15) is 0 Å². The molecule has 2 aliphatic heterocycles. The predicted molar refractivity (Wildman–Crippen MR) is 125 cm³/mol. The van der Waals surface area contributed by atoms with Gasteiger partial charge in [-0.1, -0.05) is 37.5 Å². The summed E-state index contributed by atoms with van der Waals surface area (Å²) in [6, 6.07) is 13.0. The lowest BCUT2D eigenvalue weighted by Crippen LogP contribution is -2.50. The minimum atomic E-state index is -0.182. The number of ether oxygens (including phenoxy) is 2. The van der Waals surface area contributed by atoms with E-state index in [0.717, 1.165) is 68.9 Å². The molecule has 1 N–H and O–H groups in total. The molecule has 2 aromatic rings. The van der Waals surface area contributed by atoms with E-state index in [9.17, 15) is 9.18 Å².